The fraction of sp³-hybridized carbons (Fsp3) is 0.704. The minimum atomic E-state index is -0.334. The van der Waals surface area contributed by atoms with Crippen LogP contribution in [0.3, 0.4) is 0 Å². The summed E-state index contributed by atoms with van der Waals surface area (Å²) in [6, 6.07) is 5.90. The van der Waals surface area contributed by atoms with Gasteiger partial charge in [0.15, 0.2) is 0 Å². The third-order valence-electron chi connectivity index (χ3n) is 6.22. The maximum absolute atomic E-state index is 13.6. The van der Waals surface area contributed by atoms with Crippen LogP contribution in [0, 0.1) is 18.7 Å². The van der Waals surface area contributed by atoms with Gasteiger partial charge in [0.05, 0.1) is 0 Å². The first kappa shape index (κ1) is 31.2. The molecule has 0 saturated carbocycles. The number of halogens is 1. The Morgan fingerprint density at radius 3 is 2.33 bits per heavy atom. The zero-order valence-corrected chi connectivity index (χ0v) is 22.0. The number of imide groups is 1. The van der Waals surface area contributed by atoms with Crippen molar-refractivity contribution >= 4 is 12.3 Å². The lowest BCUT2D eigenvalue weighted by molar-refractivity contribution is -0.125. The van der Waals surface area contributed by atoms with Gasteiger partial charge in [-0.3, -0.25) is 19.8 Å². The molecule has 190 valence electrons. The van der Waals surface area contributed by atoms with Crippen LogP contribution in [-0.4, -0.2) is 49.4 Å². The van der Waals surface area contributed by atoms with Gasteiger partial charge >= 0.3 is 0 Å². The van der Waals surface area contributed by atoms with Gasteiger partial charge in [-0.25, -0.2) is 4.39 Å². The molecule has 1 aromatic rings. The number of nitrogens with zero attached hydrogens (tertiary/aromatic N) is 1. The number of carbonyl (C=O) groups excluding carboxylic acids is 2. The molecule has 1 fully saturated rings. The van der Waals surface area contributed by atoms with Crippen molar-refractivity contribution in [1.29, 1.82) is 0 Å². The summed E-state index contributed by atoms with van der Waals surface area (Å²) >= 11 is 0. The molecular weight excluding hydrogens is 417 g/mol. The van der Waals surface area contributed by atoms with Gasteiger partial charge in [-0.2, -0.15) is 0 Å². The first-order chi connectivity index (χ1) is 15.8. The number of rotatable bonds is 10. The molecule has 3 unspecified atom stereocenters. The van der Waals surface area contributed by atoms with Gasteiger partial charge in [0, 0.05) is 38.6 Å². The summed E-state index contributed by atoms with van der Waals surface area (Å²) in [5.41, 5.74) is 1.48. The highest BCUT2D eigenvalue weighted by atomic mass is 19.1. The van der Waals surface area contributed by atoms with Crippen LogP contribution in [0.5, 0.6) is 0 Å². The van der Waals surface area contributed by atoms with Gasteiger partial charge in [-0.15, -0.1) is 0 Å². The van der Waals surface area contributed by atoms with Crippen LogP contribution in [0.25, 0.3) is 0 Å². The van der Waals surface area contributed by atoms with Crippen molar-refractivity contribution in [1.82, 2.24) is 15.5 Å². The Balaban J connectivity index is 0.000000586. The van der Waals surface area contributed by atoms with Crippen LogP contribution in [0.2, 0.25) is 0 Å². The number of nitrogens with one attached hydrogen (secondary N) is 2. The third kappa shape index (κ3) is 12.9. The molecule has 2 amide bonds. The molecule has 0 bridgehead atoms. The smallest absolute Gasteiger partial charge is 0.226 e. The molecule has 2 N–H and O–H groups in total. The van der Waals surface area contributed by atoms with Crippen molar-refractivity contribution in [2.75, 3.05) is 26.2 Å². The molecule has 5 nitrogen and oxygen atoms in total. The molecule has 1 aliphatic heterocycles. The van der Waals surface area contributed by atoms with Gasteiger partial charge < -0.3 is 5.32 Å². The van der Waals surface area contributed by atoms with Crippen molar-refractivity contribution in [2.24, 2.45) is 5.92 Å². The monoisotopic (exact) mass is 465 g/mol. The fourth-order valence-corrected chi connectivity index (χ4v) is 3.93. The molecule has 1 heterocycles. The predicted molar refractivity (Wildman–Crippen MR) is 137 cm³/mol. The Hall–Kier alpha value is -1.79. The number of benzene rings is 1. The summed E-state index contributed by atoms with van der Waals surface area (Å²) < 4.78 is 13.6. The molecule has 0 aromatic heterocycles. The van der Waals surface area contributed by atoms with Gasteiger partial charge in [0.2, 0.25) is 12.3 Å². The third-order valence-corrected chi connectivity index (χ3v) is 6.22. The summed E-state index contributed by atoms with van der Waals surface area (Å²) in [5.74, 6) is 0.260. The van der Waals surface area contributed by atoms with Crippen molar-refractivity contribution < 1.29 is 14.0 Å². The Morgan fingerprint density at radius 1 is 1.18 bits per heavy atom. The standard InChI is InChI=1S/C13H16FNO2.C12H26N2.C2H6/c1-9-3-5-11(12(14)7-9)10(2)4-6-13(17)15-8-16;1-4-11(3)10-12(5-2)14-8-6-13-7-9-14;1-2/h3,5,7-8,10H,4,6H2,1-2H3,(H,15,16,17);11-13H,4-10H2,1-3H3;1-2H3. The van der Waals surface area contributed by atoms with Gasteiger partial charge in [0.25, 0.3) is 0 Å². The quantitative estimate of drug-likeness (QED) is 0.453. The lowest BCUT2D eigenvalue weighted by Crippen LogP contribution is -2.48. The normalized spacial score (nSPS) is 16.2. The van der Waals surface area contributed by atoms with Crippen LogP contribution in [0.4, 0.5) is 4.39 Å². The number of hydrogen-bond acceptors (Lipinski definition) is 4. The maximum atomic E-state index is 13.6. The van der Waals surface area contributed by atoms with E-state index in [1.54, 1.807) is 6.07 Å². The Morgan fingerprint density at radius 2 is 1.82 bits per heavy atom. The lowest BCUT2D eigenvalue weighted by Gasteiger charge is -2.35. The zero-order valence-electron chi connectivity index (χ0n) is 22.0. The van der Waals surface area contributed by atoms with Gasteiger partial charge in [-0.1, -0.05) is 60.1 Å². The predicted octanol–water partition coefficient (Wildman–Crippen LogP) is 5.42. The summed E-state index contributed by atoms with van der Waals surface area (Å²) in [7, 11) is 0. The molecule has 33 heavy (non-hydrogen) atoms. The maximum Gasteiger partial charge on any atom is 0.226 e. The van der Waals surface area contributed by atoms with Crippen LogP contribution in [-0.2, 0) is 9.59 Å². The zero-order chi connectivity index (χ0) is 25.2. The molecule has 0 radical (unpaired) electrons. The minimum absolute atomic E-state index is 0.0481. The number of hydrogen-bond donors (Lipinski definition) is 2. The highest BCUT2D eigenvalue weighted by molar-refractivity contribution is 5.85. The van der Waals surface area contributed by atoms with E-state index >= 15 is 0 Å². The minimum Gasteiger partial charge on any atom is -0.314 e. The SMILES string of the molecule is CC.CCC(C)CC(CC)N1CCNCC1.Cc1ccc(C(C)CCC(=O)NC=O)c(F)c1. The van der Waals surface area contributed by atoms with E-state index in [9.17, 15) is 14.0 Å². The van der Waals surface area contributed by atoms with Crippen LogP contribution in [0.15, 0.2) is 18.2 Å². The topological polar surface area (TPSA) is 61.4 Å². The molecule has 1 aliphatic rings. The lowest BCUT2D eigenvalue weighted by atomic mass is 9.95. The molecule has 0 spiro atoms. The molecule has 1 aromatic carbocycles. The van der Waals surface area contributed by atoms with Crippen molar-refractivity contribution in [3.8, 4) is 0 Å². The average Bonchev–Trinajstić information content (AvgIpc) is 2.83. The number of amides is 2. The van der Waals surface area contributed by atoms with Gasteiger partial charge in [0.1, 0.15) is 5.82 Å². The van der Waals surface area contributed by atoms with E-state index in [4.69, 9.17) is 0 Å². The molecule has 1 saturated heterocycles. The molecule has 6 heteroatoms. The summed E-state index contributed by atoms with van der Waals surface area (Å²) in [6.45, 7) is 19.5. The van der Waals surface area contributed by atoms with E-state index in [-0.39, 0.29) is 24.1 Å². The average molecular weight is 466 g/mol. The highest BCUT2D eigenvalue weighted by Gasteiger charge is 2.20. The van der Waals surface area contributed by atoms with E-state index in [0.29, 0.717) is 18.4 Å². The van der Waals surface area contributed by atoms with Crippen molar-refractivity contribution in [3.05, 3.63) is 35.1 Å². The number of aryl methyl sites for hydroxylation is 1. The van der Waals surface area contributed by atoms with E-state index in [0.717, 1.165) is 17.5 Å². The summed E-state index contributed by atoms with van der Waals surface area (Å²) in [5, 5.41) is 5.48. The van der Waals surface area contributed by atoms with Crippen molar-refractivity contribution in [2.45, 2.75) is 92.5 Å². The Kier molecular flexibility index (Phi) is 17.6. The first-order valence-corrected chi connectivity index (χ1v) is 12.8. The molecule has 2 rings (SSSR count). The second-order valence-corrected chi connectivity index (χ2v) is 8.75. The van der Waals surface area contributed by atoms with E-state index < -0.39 is 0 Å². The largest absolute Gasteiger partial charge is 0.314 e. The second kappa shape index (κ2) is 18.6. The van der Waals surface area contributed by atoms with E-state index in [1.807, 2.05) is 33.8 Å². The van der Waals surface area contributed by atoms with Crippen LogP contribution < -0.4 is 10.6 Å². The van der Waals surface area contributed by atoms with Crippen LogP contribution in [0.1, 0.15) is 90.7 Å². The molecule has 3 atom stereocenters. The first-order valence-electron chi connectivity index (χ1n) is 12.8. The van der Waals surface area contributed by atoms with Gasteiger partial charge in [-0.05, 0) is 55.2 Å². The van der Waals surface area contributed by atoms with E-state index in [2.05, 4.69) is 36.3 Å². The Bertz CT molecular complexity index is 663. The Labute approximate surface area is 201 Å². The number of carbonyl (C=O) groups is 2. The second-order valence-electron chi connectivity index (χ2n) is 8.75. The highest BCUT2D eigenvalue weighted by Crippen LogP contribution is 2.24. The number of piperazine rings is 1. The van der Waals surface area contributed by atoms with Crippen LogP contribution >= 0.6 is 0 Å². The molecule has 0 aliphatic carbocycles. The summed E-state index contributed by atoms with van der Waals surface area (Å²) in [4.78, 5) is 23.8. The summed E-state index contributed by atoms with van der Waals surface area (Å²) in [6.07, 6.45) is 5.10. The van der Waals surface area contributed by atoms with Crippen molar-refractivity contribution in [3.63, 3.8) is 0 Å². The molecular formula is C27H48FN3O2. The van der Waals surface area contributed by atoms with E-state index in [1.165, 1.54) is 51.5 Å². The fourth-order valence-electron chi connectivity index (χ4n) is 3.93.